The number of anilines is 1. The molecule has 3 aromatic rings. The molecule has 6 heteroatoms. The number of nitrogens with one attached hydrogen (secondary N) is 1. The number of carbonyl (C=O) groups is 1. The molecule has 0 radical (unpaired) electrons. The molecule has 1 heterocycles. The first kappa shape index (κ1) is 16.0. The van der Waals surface area contributed by atoms with Crippen LogP contribution in [0.2, 0.25) is 10.0 Å². The average Bonchev–Trinajstić information content (AvgIpc) is 2.91. The molecule has 23 heavy (non-hydrogen) atoms. The Bertz CT molecular complexity index is 859. The number of aromatic nitrogens is 1. The fourth-order valence-electron chi connectivity index (χ4n) is 2.19. The highest BCUT2D eigenvalue weighted by molar-refractivity contribution is 7.10. The Morgan fingerprint density at radius 1 is 1.09 bits per heavy atom. The summed E-state index contributed by atoms with van der Waals surface area (Å²) in [4.78, 5) is 13.4. The number of nitrogens with zero attached hydrogens (tertiary/aromatic N) is 1. The van der Waals surface area contributed by atoms with E-state index in [1.54, 1.807) is 30.3 Å². The second-order valence-electron chi connectivity index (χ2n) is 4.91. The summed E-state index contributed by atoms with van der Waals surface area (Å²) in [5.41, 5.74) is 2.70. The monoisotopic (exact) mass is 362 g/mol. The summed E-state index contributed by atoms with van der Waals surface area (Å²) in [5, 5.41) is 4.08. The van der Waals surface area contributed by atoms with Crippen LogP contribution in [0.1, 0.15) is 16.1 Å². The standard InChI is InChI=1S/C17H12Cl2N2OS/c1-10-15(17(22)20-12-8-6-11(18)7-9-12)16(23-21-10)13-4-2-3-5-14(13)19/h2-9H,1H3,(H,20,22). The van der Waals surface area contributed by atoms with Gasteiger partial charge in [0.2, 0.25) is 0 Å². The van der Waals surface area contributed by atoms with Crippen molar-refractivity contribution in [1.29, 1.82) is 0 Å². The minimum absolute atomic E-state index is 0.214. The van der Waals surface area contributed by atoms with Gasteiger partial charge in [-0.2, -0.15) is 4.37 Å². The first-order chi connectivity index (χ1) is 11.1. The summed E-state index contributed by atoms with van der Waals surface area (Å²) < 4.78 is 4.31. The van der Waals surface area contributed by atoms with Crippen LogP contribution in [0, 0.1) is 6.92 Å². The van der Waals surface area contributed by atoms with Crippen LogP contribution in [0.5, 0.6) is 0 Å². The van der Waals surface area contributed by atoms with Crippen molar-refractivity contribution in [2.24, 2.45) is 0 Å². The van der Waals surface area contributed by atoms with Crippen LogP contribution in [0.4, 0.5) is 5.69 Å². The lowest BCUT2D eigenvalue weighted by atomic mass is 10.1. The van der Waals surface area contributed by atoms with Gasteiger partial charge in [0.05, 0.1) is 16.1 Å². The molecule has 3 rings (SSSR count). The Balaban J connectivity index is 1.97. The molecule has 0 spiro atoms. The van der Waals surface area contributed by atoms with Crippen molar-refractivity contribution in [3.63, 3.8) is 0 Å². The minimum atomic E-state index is -0.214. The predicted molar refractivity (Wildman–Crippen MR) is 96.7 cm³/mol. The largest absolute Gasteiger partial charge is 0.322 e. The lowest BCUT2D eigenvalue weighted by Gasteiger charge is -2.08. The molecule has 0 aliphatic heterocycles. The molecule has 0 atom stereocenters. The maximum atomic E-state index is 12.7. The highest BCUT2D eigenvalue weighted by atomic mass is 35.5. The van der Waals surface area contributed by atoms with E-state index in [0.717, 1.165) is 10.4 Å². The Kier molecular flexibility index (Phi) is 4.66. The molecule has 1 aromatic heterocycles. The summed E-state index contributed by atoms with van der Waals surface area (Å²) in [6.07, 6.45) is 0. The molecule has 0 saturated heterocycles. The quantitative estimate of drug-likeness (QED) is 0.651. The summed E-state index contributed by atoms with van der Waals surface area (Å²) in [7, 11) is 0. The smallest absolute Gasteiger partial charge is 0.259 e. The van der Waals surface area contributed by atoms with E-state index < -0.39 is 0 Å². The summed E-state index contributed by atoms with van der Waals surface area (Å²) >= 11 is 13.4. The molecule has 0 bridgehead atoms. The van der Waals surface area contributed by atoms with E-state index in [2.05, 4.69) is 9.69 Å². The van der Waals surface area contributed by atoms with Gasteiger partial charge in [-0.25, -0.2) is 0 Å². The molecule has 0 unspecified atom stereocenters. The van der Waals surface area contributed by atoms with Gasteiger partial charge in [-0.3, -0.25) is 4.79 Å². The molecule has 1 N–H and O–H groups in total. The normalized spacial score (nSPS) is 10.6. The average molecular weight is 363 g/mol. The lowest BCUT2D eigenvalue weighted by molar-refractivity contribution is 0.102. The van der Waals surface area contributed by atoms with Crippen molar-refractivity contribution >= 4 is 46.3 Å². The first-order valence-electron chi connectivity index (χ1n) is 6.84. The van der Waals surface area contributed by atoms with Crippen molar-refractivity contribution in [3.05, 3.63) is 69.8 Å². The van der Waals surface area contributed by atoms with Gasteiger partial charge in [-0.1, -0.05) is 41.4 Å². The first-order valence-corrected chi connectivity index (χ1v) is 8.37. The molecule has 2 aromatic carbocycles. The number of hydrogen-bond acceptors (Lipinski definition) is 3. The van der Waals surface area contributed by atoms with E-state index in [4.69, 9.17) is 23.2 Å². The molecule has 0 aliphatic rings. The van der Waals surface area contributed by atoms with Gasteiger partial charge in [0, 0.05) is 21.3 Å². The van der Waals surface area contributed by atoms with E-state index in [-0.39, 0.29) is 5.91 Å². The van der Waals surface area contributed by atoms with Crippen LogP contribution in [-0.4, -0.2) is 10.3 Å². The van der Waals surface area contributed by atoms with E-state index in [9.17, 15) is 4.79 Å². The Hall–Kier alpha value is -1.88. The van der Waals surface area contributed by atoms with Gasteiger partial charge in [0.15, 0.2) is 0 Å². The fourth-order valence-corrected chi connectivity index (χ4v) is 3.53. The third kappa shape index (κ3) is 3.39. The van der Waals surface area contributed by atoms with Crippen molar-refractivity contribution in [3.8, 4) is 10.4 Å². The van der Waals surface area contributed by atoms with E-state index in [1.165, 1.54) is 11.5 Å². The maximum Gasteiger partial charge on any atom is 0.259 e. The lowest BCUT2D eigenvalue weighted by Crippen LogP contribution is -2.13. The van der Waals surface area contributed by atoms with Gasteiger partial charge in [0.1, 0.15) is 0 Å². The number of amides is 1. The molecule has 0 saturated carbocycles. The van der Waals surface area contributed by atoms with Crippen LogP contribution in [0.15, 0.2) is 48.5 Å². The van der Waals surface area contributed by atoms with Crippen LogP contribution in [-0.2, 0) is 0 Å². The Morgan fingerprint density at radius 3 is 2.48 bits per heavy atom. The number of benzene rings is 2. The van der Waals surface area contributed by atoms with Gasteiger partial charge in [-0.15, -0.1) is 0 Å². The number of rotatable bonds is 3. The molecule has 116 valence electrons. The predicted octanol–water partition coefficient (Wildman–Crippen LogP) is 5.68. The van der Waals surface area contributed by atoms with E-state index in [0.29, 0.717) is 27.0 Å². The van der Waals surface area contributed by atoms with Crippen molar-refractivity contribution < 1.29 is 4.79 Å². The molecular weight excluding hydrogens is 351 g/mol. The summed E-state index contributed by atoms with van der Waals surface area (Å²) in [6, 6.07) is 14.4. The zero-order valence-corrected chi connectivity index (χ0v) is 14.5. The second-order valence-corrected chi connectivity index (χ2v) is 6.53. The Morgan fingerprint density at radius 2 is 1.78 bits per heavy atom. The minimum Gasteiger partial charge on any atom is -0.322 e. The molecule has 1 amide bonds. The molecule has 0 aliphatic carbocycles. The number of aryl methyl sites for hydroxylation is 1. The van der Waals surface area contributed by atoms with E-state index >= 15 is 0 Å². The molecular formula is C17H12Cl2N2OS. The van der Waals surface area contributed by atoms with Crippen LogP contribution in [0.3, 0.4) is 0 Å². The second kappa shape index (κ2) is 6.71. The summed E-state index contributed by atoms with van der Waals surface area (Å²) in [6.45, 7) is 1.81. The summed E-state index contributed by atoms with van der Waals surface area (Å²) in [5.74, 6) is -0.214. The molecule has 3 nitrogen and oxygen atoms in total. The van der Waals surface area contributed by atoms with Gasteiger partial charge < -0.3 is 5.32 Å². The fraction of sp³-hybridized carbons (Fsp3) is 0.0588. The van der Waals surface area contributed by atoms with Crippen LogP contribution < -0.4 is 5.32 Å². The third-order valence-corrected chi connectivity index (χ3v) is 4.86. The Labute approximate surface area is 148 Å². The maximum absolute atomic E-state index is 12.7. The number of hydrogen-bond donors (Lipinski definition) is 1. The van der Waals surface area contributed by atoms with Crippen molar-refractivity contribution in [1.82, 2.24) is 4.37 Å². The third-order valence-electron chi connectivity index (χ3n) is 3.31. The van der Waals surface area contributed by atoms with Crippen molar-refractivity contribution in [2.45, 2.75) is 6.92 Å². The topological polar surface area (TPSA) is 42.0 Å². The highest BCUT2D eigenvalue weighted by Gasteiger charge is 2.21. The zero-order chi connectivity index (χ0) is 16.4. The number of carbonyl (C=O) groups excluding carboxylic acids is 1. The van der Waals surface area contributed by atoms with Crippen LogP contribution >= 0.6 is 34.7 Å². The highest BCUT2D eigenvalue weighted by Crippen LogP contribution is 2.35. The SMILES string of the molecule is Cc1nsc(-c2ccccc2Cl)c1C(=O)Nc1ccc(Cl)cc1. The zero-order valence-electron chi connectivity index (χ0n) is 12.1. The molecule has 0 fully saturated rings. The number of halogens is 2. The van der Waals surface area contributed by atoms with Gasteiger partial charge in [-0.05, 0) is 48.8 Å². The van der Waals surface area contributed by atoms with Crippen LogP contribution in [0.25, 0.3) is 10.4 Å². The van der Waals surface area contributed by atoms with Crippen molar-refractivity contribution in [2.75, 3.05) is 5.32 Å². The van der Waals surface area contributed by atoms with Gasteiger partial charge >= 0.3 is 0 Å². The van der Waals surface area contributed by atoms with E-state index in [1.807, 2.05) is 25.1 Å². The van der Waals surface area contributed by atoms with Gasteiger partial charge in [0.25, 0.3) is 5.91 Å².